The lowest BCUT2D eigenvalue weighted by Crippen LogP contribution is -2.37. The van der Waals surface area contributed by atoms with Crippen LogP contribution in [0.4, 0.5) is 0 Å². The third-order valence-electron chi connectivity index (χ3n) is 4.55. The van der Waals surface area contributed by atoms with Gasteiger partial charge in [0.15, 0.2) is 0 Å². The number of likely N-dealkylation sites (tertiary alicyclic amines) is 1. The molecule has 0 bridgehead atoms. The first-order chi connectivity index (χ1) is 12.3. The Labute approximate surface area is 155 Å². The van der Waals surface area contributed by atoms with Crippen molar-refractivity contribution >= 4 is 11.9 Å². The highest BCUT2D eigenvalue weighted by atomic mass is 16.5. The highest BCUT2D eigenvalue weighted by Gasteiger charge is 2.17. The van der Waals surface area contributed by atoms with Crippen LogP contribution in [0, 0.1) is 6.92 Å². The molecule has 146 valence electrons. The molecule has 1 aromatic carbocycles. The summed E-state index contributed by atoms with van der Waals surface area (Å²) in [6.07, 6.45) is 6.82. The van der Waals surface area contributed by atoms with E-state index in [0.29, 0.717) is 12.1 Å². The van der Waals surface area contributed by atoms with E-state index < -0.39 is 11.9 Å². The monoisotopic (exact) mass is 365 g/mol. The normalized spacial score (nSPS) is 16.7. The first-order valence-electron chi connectivity index (χ1n) is 9.23. The van der Waals surface area contributed by atoms with Crippen molar-refractivity contribution < 1.29 is 24.5 Å². The Morgan fingerprint density at radius 2 is 1.54 bits per heavy atom. The summed E-state index contributed by atoms with van der Waals surface area (Å²) in [6.45, 7) is 9.23. The number of aryl methyl sites for hydroxylation is 1. The van der Waals surface area contributed by atoms with E-state index in [1.807, 2.05) is 0 Å². The number of rotatable bonds is 6. The Morgan fingerprint density at radius 3 is 2.04 bits per heavy atom. The van der Waals surface area contributed by atoms with Crippen LogP contribution < -0.4 is 4.74 Å². The highest BCUT2D eigenvalue weighted by molar-refractivity contribution is 6.27. The van der Waals surface area contributed by atoms with E-state index in [-0.39, 0.29) is 0 Å². The van der Waals surface area contributed by atoms with Crippen molar-refractivity contribution in [1.82, 2.24) is 4.90 Å². The molecule has 1 aliphatic heterocycles. The number of carboxylic acid groups (broad SMARTS) is 2. The predicted molar refractivity (Wildman–Crippen MR) is 101 cm³/mol. The lowest BCUT2D eigenvalue weighted by atomic mass is 10.0. The van der Waals surface area contributed by atoms with Crippen molar-refractivity contribution in [3.05, 3.63) is 29.8 Å². The van der Waals surface area contributed by atoms with Gasteiger partial charge >= 0.3 is 11.9 Å². The van der Waals surface area contributed by atoms with Gasteiger partial charge in [-0.3, -0.25) is 0 Å². The van der Waals surface area contributed by atoms with Crippen LogP contribution in [0.5, 0.6) is 5.75 Å². The average molecular weight is 365 g/mol. The van der Waals surface area contributed by atoms with E-state index >= 15 is 0 Å². The van der Waals surface area contributed by atoms with Gasteiger partial charge < -0.3 is 19.8 Å². The molecule has 2 rings (SSSR count). The second-order valence-electron chi connectivity index (χ2n) is 6.87. The fourth-order valence-corrected chi connectivity index (χ4v) is 2.93. The third kappa shape index (κ3) is 8.85. The van der Waals surface area contributed by atoms with Crippen LogP contribution in [0.3, 0.4) is 0 Å². The molecule has 2 unspecified atom stereocenters. The van der Waals surface area contributed by atoms with Crippen molar-refractivity contribution in [2.24, 2.45) is 0 Å². The first-order valence-corrected chi connectivity index (χ1v) is 9.23. The minimum atomic E-state index is -1.82. The van der Waals surface area contributed by atoms with E-state index in [1.165, 1.54) is 44.3 Å². The first kappa shape index (κ1) is 22.0. The van der Waals surface area contributed by atoms with Crippen molar-refractivity contribution in [3.63, 3.8) is 0 Å². The van der Waals surface area contributed by atoms with Crippen molar-refractivity contribution in [2.75, 3.05) is 13.1 Å². The predicted octanol–water partition coefficient (Wildman–Crippen LogP) is 3.57. The summed E-state index contributed by atoms with van der Waals surface area (Å²) in [5.74, 6) is -2.65. The Bertz CT molecular complexity index is 540. The Kier molecular flexibility index (Phi) is 9.73. The fraction of sp³-hybridized carbons (Fsp3) is 0.600. The molecule has 6 heteroatoms. The maximum absolute atomic E-state index is 9.10. The molecular weight excluding hydrogens is 334 g/mol. The number of hydrogen-bond donors (Lipinski definition) is 2. The maximum Gasteiger partial charge on any atom is 0.414 e. The molecule has 0 spiro atoms. The summed E-state index contributed by atoms with van der Waals surface area (Å²) in [7, 11) is 0. The number of ether oxygens (including phenoxy) is 1. The number of nitrogens with zero attached hydrogens (tertiary/aromatic N) is 1. The zero-order chi connectivity index (χ0) is 19.5. The van der Waals surface area contributed by atoms with Crippen LogP contribution in [-0.4, -0.2) is 52.3 Å². The largest absolute Gasteiger partial charge is 0.491 e. The van der Waals surface area contributed by atoms with Gasteiger partial charge in [-0.25, -0.2) is 9.59 Å². The van der Waals surface area contributed by atoms with Crippen LogP contribution in [-0.2, 0) is 9.59 Å². The van der Waals surface area contributed by atoms with Gasteiger partial charge in [-0.15, -0.1) is 0 Å². The van der Waals surface area contributed by atoms with Crippen molar-refractivity contribution in [3.8, 4) is 5.75 Å². The maximum atomic E-state index is 9.10. The Hall–Kier alpha value is -2.08. The lowest BCUT2D eigenvalue weighted by Gasteiger charge is -2.32. The number of benzene rings is 1. The number of carboxylic acids is 2. The van der Waals surface area contributed by atoms with Gasteiger partial charge in [0.05, 0.1) is 6.10 Å². The molecule has 1 aromatic rings. The fourth-order valence-electron chi connectivity index (χ4n) is 2.93. The molecule has 6 nitrogen and oxygen atoms in total. The van der Waals surface area contributed by atoms with Crippen LogP contribution in [0.15, 0.2) is 24.3 Å². The molecule has 0 radical (unpaired) electrons. The third-order valence-corrected chi connectivity index (χ3v) is 4.55. The zero-order valence-electron chi connectivity index (χ0n) is 16.0. The van der Waals surface area contributed by atoms with Crippen molar-refractivity contribution in [1.29, 1.82) is 0 Å². The minimum absolute atomic E-state index is 0.296. The van der Waals surface area contributed by atoms with Crippen LogP contribution in [0.25, 0.3) is 0 Å². The summed E-state index contributed by atoms with van der Waals surface area (Å²) >= 11 is 0. The molecule has 1 fully saturated rings. The highest BCUT2D eigenvalue weighted by Crippen LogP contribution is 2.18. The molecule has 2 N–H and O–H groups in total. The number of piperidine rings is 1. The molecule has 0 saturated carbocycles. The number of carbonyl (C=O) groups is 2. The molecule has 0 aliphatic carbocycles. The van der Waals surface area contributed by atoms with Gasteiger partial charge in [0.25, 0.3) is 0 Å². The average Bonchev–Trinajstić information content (AvgIpc) is 2.63. The summed E-state index contributed by atoms with van der Waals surface area (Å²) in [5.41, 5.74) is 1.28. The van der Waals surface area contributed by atoms with Gasteiger partial charge in [-0.1, -0.05) is 24.1 Å². The minimum Gasteiger partial charge on any atom is -0.491 e. The standard InChI is InChI=1S/C18H29NO.C2H2O4/c1-15-7-11-18(12-8-15)20-17(3)10-9-16(2)19-13-5-4-6-14-19;3-1(4)2(5)6/h7-8,11-12,16-17H,4-6,9-10,13-14H2,1-3H3;(H,3,4)(H,5,6). The molecule has 1 heterocycles. The quantitative estimate of drug-likeness (QED) is 0.750. The zero-order valence-corrected chi connectivity index (χ0v) is 16.0. The Morgan fingerprint density at radius 1 is 1.00 bits per heavy atom. The number of hydrogen-bond acceptors (Lipinski definition) is 4. The second-order valence-corrected chi connectivity index (χ2v) is 6.87. The van der Waals surface area contributed by atoms with Gasteiger partial charge in [0, 0.05) is 6.04 Å². The molecule has 0 aromatic heterocycles. The van der Waals surface area contributed by atoms with Gasteiger partial charge in [-0.2, -0.15) is 0 Å². The summed E-state index contributed by atoms with van der Waals surface area (Å²) in [5, 5.41) is 14.8. The summed E-state index contributed by atoms with van der Waals surface area (Å²) in [4.78, 5) is 20.8. The van der Waals surface area contributed by atoms with E-state index in [4.69, 9.17) is 24.5 Å². The SMILES string of the molecule is Cc1ccc(OC(C)CCC(C)N2CCCCC2)cc1.O=C(O)C(=O)O. The molecule has 1 saturated heterocycles. The molecular formula is C20H31NO5. The summed E-state index contributed by atoms with van der Waals surface area (Å²) in [6, 6.07) is 9.05. The number of aliphatic carboxylic acids is 2. The Balaban J connectivity index is 0.000000487. The van der Waals surface area contributed by atoms with Crippen LogP contribution in [0.1, 0.15) is 51.5 Å². The summed E-state index contributed by atoms with van der Waals surface area (Å²) < 4.78 is 5.99. The van der Waals surface area contributed by atoms with E-state index in [9.17, 15) is 0 Å². The second kappa shape index (κ2) is 11.5. The van der Waals surface area contributed by atoms with Crippen LogP contribution >= 0.6 is 0 Å². The van der Waals surface area contributed by atoms with Gasteiger partial charge in [0.2, 0.25) is 0 Å². The van der Waals surface area contributed by atoms with Gasteiger partial charge in [0.1, 0.15) is 5.75 Å². The molecule has 0 amide bonds. The van der Waals surface area contributed by atoms with E-state index in [2.05, 4.69) is 49.9 Å². The van der Waals surface area contributed by atoms with Gasteiger partial charge in [-0.05, 0) is 71.7 Å². The van der Waals surface area contributed by atoms with E-state index in [0.717, 1.165) is 12.2 Å². The lowest BCUT2D eigenvalue weighted by molar-refractivity contribution is -0.159. The smallest absolute Gasteiger partial charge is 0.414 e. The van der Waals surface area contributed by atoms with E-state index in [1.54, 1.807) is 0 Å². The topological polar surface area (TPSA) is 87.1 Å². The van der Waals surface area contributed by atoms with Crippen molar-refractivity contribution in [2.45, 2.75) is 65.0 Å². The molecule has 2 atom stereocenters. The molecule has 1 aliphatic rings. The van der Waals surface area contributed by atoms with Crippen LogP contribution in [0.2, 0.25) is 0 Å². The molecule has 26 heavy (non-hydrogen) atoms.